The molecule has 0 aromatic carbocycles. The third-order valence-electron chi connectivity index (χ3n) is 5.35. The molecule has 1 N–H and O–H groups in total. The molecule has 1 aromatic heterocycles. The minimum absolute atomic E-state index is 0.0271. The maximum atomic E-state index is 12.7. The Bertz CT molecular complexity index is 629. The van der Waals surface area contributed by atoms with Crippen LogP contribution in [0.5, 0.6) is 0 Å². The lowest BCUT2D eigenvalue weighted by molar-refractivity contribution is 0.132. The SMILES string of the molecule is Cc1noc(C)c1S(=O)(=O)NC1CCCN(C2CCCCCC2)C1. The maximum Gasteiger partial charge on any atom is 0.246 e. The largest absolute Gasteiger partial charge is 0.360 e. The summed E-state index contributed by atoms with van der Waals surface area (Å²) in [5.74, 6) is 0.358. The fraction of sp³-hybridized carbons (Fsp3) is 0.824. The van der Waals surface area contributed by atoms with E-state index in [-0.39, 0.29) is 10.9 Å². The molecule has 0 bridgehead atoms. The zero-order chi connectivity index (χ0) is 17.2. The van der Waals surface area contributed by atoms with Crippen molar-refractivity contribution in [1.82, 2.24) is 14.8 Å². The number of nitrogens with zero attached hydrogens (tertiary/aromatic N) is 2. The first kappa shape index (κ1) is 17.9. The maximum absolute atomic E-state index is 12.7. The van der Waals surface area contributed by atoms with Gasteiger partial charge in [0.05, 0.1) is 0 Å². The lowest BCUT2D eigenvalue weighted by atomic mass is 10.0. The highest BCUT2D eigenvalue weighted by atomic mass is 32.2. The second-order valence-corrected chi connectivity index (χ2v) is 8.90. The average molecular weight is 356 g/mol. The number of aryl methyl sites for hydroxylation is 2. The quantitative estimate of drug-likeness (QED) is 0.841. The molecule has 1 saturated carbocycles. The summed E-state index contributed by atoms with van der Waals surface area (Å²) in [5, 5.41) is 3.77. The Morgan fingerprint density at radius 3 is 2.42 bits per heavy atom. The highest BCUT2D eigenvalue weighted by molar-refractivity contribution is 7.89. The number of aromatic nitrogens is 1. The molecular weight excluding hydrogens is 326 g/mol. The zero-order valence-corrected chi connectivity index (χ0v) is 15.6. The van der Waals surface area contributed by atoms with Crippen molar-refractivity contribution in [2.75, 3.05) is 13.1 Å². The van der Waals surface area contributed by atoms with Crippen LogP contribution in [0.25, 0.3) is 0 Å². The number of nitrogens with one attached hydrogen (secondary N) is 1. The molecule has 2 fully saturated rings. The summed E-state index contributed by atoms with van der Waals surface area (Å²) in [7, 11) is -3.57. The molecule has 0 spiro atoms. The predicted octanol–water partition coefficient (Wildman–Crippen LogP) is 2.76. The minimum Gasteiger partial charge on any atom is -0.360 e. The Morgan fingerprint density at radius 1 is 1.08 bits per heavy atom. The molecule has 6 nitrogen and oxygen atoms in total. The van der Waals surface area contributed by atoms with Crippen molar-refractivity contribution >= 4 is 10.0 Å². The summed E-state index contributed by atoms with van der Waals surface area (Å²) in [4.78, 5) is 2.71. The Labute approximate surface area is 145 Å². The van der Waals surface area contributed by atoms with Gasteiger partial charge in [-0.05, 0) is 46.1 Å². The van der Waals surface area contributed by atoms with Gasteiger partial charge in [-0.2, -0.15) is 0 Å². The summed E-state index contributed by atoms with van der Waals surface area (Å²) >= 11 is 0. The molecule has 1 aromatic rings. The standard InChI is InChI=1S/C17H29N3O3S/c1-13-17(14(2)23-18-13)24(21,22)19-15-8-7-11-20(12-15)16-9-5-3-4-6-10-16/h15-16,19H,3-12H2,1-2H3. The second-order valence-electron chi connectivity index (χ2n) is 7.25. The lowest BCUT2D eigenvalue weighted by Gasteiger charge is -2.38. The molecule has 1 atom stereocenters. The van der Waals surface area contributed by atoms with Crippen molar-refractivity contribution < 1.29 is 12.9 Å². The van der Waals surface area contributed by atoms with Crippen LogP contribution in [-0.4, -0.2) is 43.6 Å². The van der Waals surface area contributed by atoms with Crippen LogP contribution in [0, 0.1) is 13.8 Å². The Kier molecular flexibility index (Phi) is 5.62. The van der Waals surface area contributed by atoms with Crippen LogP contribution < -0.4 is 4.72 Å². The van der Waals surface area contributed by atoms with E-state index in [1.165, 1.54) is 38.5 Å². The average Bonchev–Trinajstić information content (AvgIpc) is 2.76. The first-order valence-electron chi connectivity index (χ1n) is 9.16. The van der Waals surface area contributed by atoms with Crippen LogP contribution in [0.3, 0.4) is 0 Å². The molecule has 3 rings (SSSR count). The third-order valence-corrected chi connectivity index (χ3v) is 7.12. The number of hydrogen-bond donors (Lipinski definition) is 1. The van der Waals surface area contributed by atoms with E-state index in [2.05, 4.69) is 14.8 Å². The molecule has 7 heteroatoms. The van der Waals surface area contributed by atoms with Crippen molar-refractivity contribution in [3.63, 3.8) is 0 Å². The van der Waals surface area contributed by atoms with Gasteiger partial charge in [-0.15, -0.1) is 0 Å². The van der Waals surface area contributed by atoms with Crippen LogP contribution in [0.15, 0.2) is 9.42 Å². The third kappa shape index (κ3) is 4.00. The molecule has 1 saturated heterocycles. The van der Waals surface area contributed by atoms with E-state index in [0.717, 1.165) is 25.9 Å². The van der Waals surface area contributed by atoms with Gasteiger partial charge in [-0.1, -0.05) is 30.8 Å². The zero-order valence-electron chi connectivity index (χ0n) is 14.8. The fourth-order valence-electron chi connectivity index (χ4n) is 4.19. The van der Waals surface area contributed by atoms with E-state index in [9.17, 15) is 8.42 Å². The van der Waals surface area contributed by atoms with Gasteiger partial charge in [0.15, 0.2) is 5.76 Å². The Hall–Kier alpha value is -0.920. The monoisotopic (exact) mass is 355 g/mol. The van der Waals surface area contributed by atoms with Crippen LogP contribution in [0.1, 0.15) is 62.8 Å². The normalized spacial score (nSPS) is 24.8. The van der Waals surface area contributed by atoms with Crippen molar-refractivity contribution in [3.8, 4) is 0 Å². The first-order valence-corrected chi connectivity index (χ1v) is 10.6. The van der Waals surface area contributed by atoms with Gasteiger partial charge >= 0.3 is 0 Å². The summed E-state index contributed by atoms with van der Waals surface area (Å²) in [6.45, 7) is 5.22. The second kappa shape index (κ2) is 7.54. The summed E-state index contributed by atoms with van der Waals surface area (Å²) in [5.41, 5.74) is 0.427. The van der Waals surface area contributed by atoms with Crippen LogP contribution in [0.4, 0.5) is 0 Å². The summed E-state index contributed by atoms with van der Waals surface area (Å²) in [6.07, 6.45) is 9.73. The van der Waals surface area contributed by atoms with Crippen molar-refractivity contribution in [1.29, 1.82) is 0 Å². The van der Waals surface area contributed by atoms with Crippen molar-refractivity contribution in [2.24, 2.45) is 0 Å². The Balaban J connectivity index is 1.66. The molecule has 136 valence electrons. The van der Waals surface area contributed by atoms with E-state index in [1.807, 2.05) is 0 Å². The molecule has 1 unspecified atom stereocenters. The van der Waals surface area contributed by atoms with Crippen molar-refractivity contribution in [3.05, 3.63) is 11.5 Å². The number of likely N-dealkylation sites (tertiary alicyclic amines) is 1. The predicted molar refractivity (Wildman–Crippen MR) is 92.4 cm³/mol. The molecule has 2 heterocycles. The molecule has 0 radical (unpaired) electrons. The van der Waals surface area contributed by atoms with Gasteiger partial charge in [0, 0.05) is 18.6 Å². The van der Waals surface area contributed by atoms with Gasteiger partial charge < -0.3 is 4.52 Å². The smallest absolute Gasteiger partial charge is 0.246 e. The van der Waals surface area contributed by atoms with Gasteiger partial charge in [-0.25, -0.2) is 13.1 Å². The molecule has 2 aliphatic rings. The summed E-state index contributed by atoms with van der Waals surface area (Å²) < 4.78 is 33.3. The van der Waals surface area contributed by atoms with Gasteiger partial charge in [0.1, 0.15) is 10.6 Å². The first-order chi connectivity index (χ1) is 11.5. The van der Waals surface area contributed by atoms with Crippen LogP contribution in [-0.2, 0) is 10.0 Å². The number of rotatable bonds is 4. The van der Waals surface area contributed by atoms with Crippen LogP contribution in [0.2, 0.25) is 0 Å². The van der Waals surface area contributed by atoms with E-state index in [0.29, 0.717) is 17.5 Å². The summed E-state index contributed by atoms with van der Waals surface area (Å²) in [6, 6.07) is 0.597. The van der Waals surface area contributed by atoms with Crippen LogP contribution >= 0.6 is 0 Å². The van der Waals surface area contributed by atoms with E-state index in [4.69, 9.17) is 4.52 Å². The Morgan fingerprint density at radius 2 is 1.79 bits per heavy atom. The van der Waals surface area contributed by atoms with E-state index < -0.39 is 10.0 Å². The molecule has 0 amide bonds. The highest BCUT2D eigenvalue weighted by Gasteiger charge is 2.31. The number of piperidine rings is 1. The van der Waals surface area contributed by atoms with E-state index >= 15 is 0 Å². The molecule has 1 aliphatic carbocycles. The highest BCUT2D eigenvalue weighted by Crippen LogP contribution is 2.26. The van der Waals surface area contributed by atoms with E-state index in [1.54, 1.807) is 13.8 Å². The van der Waals surface area contributed by atoms with Gasteiger partial charge in [0.25, 0.3) is 0 Å². The minimum atomic E-state index is -3.57. The molecular formula is C17H29N3O3S. The van der Waals surface area contributed by atoms with Crippen molar-refractivity contribution in [2.45, 2.75) is 82.2 Å². The molecule has 1 aliphatic heterocycles. The topological polar surface area (TPSA) is 75.4 Å². The fourth-order valence-corrected chi connectivity index (χ4v) is 5.78. The van der Waals surface area contributed by atoms with Gasteiger partial charge in [-0.3, -0.25) is 4.90 Å². The number of hydrogen-bond acceptors (Lipinski definition) is 5. The van der Waals surface area contributed by atoms with Gasteiger partial charge in [0.2, 0.25) is 10.0 Å². The number of sulfonamides is 1. The molecule has 24 heavy (non-hydrogen) atoms. The lowest BCUT2D eigenvalue weighted by Crippen LogP contribution is -2.50.